The molecule has 0 aliphatic heterocycles. The lowest BCUT2D eigenvalue weighted by Crippen LogP contribution is -1.98. The van der Waals surface area contributed by atoms with Crippen molar-refractivity contribution in [2.75, 3.05) is 18.7 Å². The highest BCUT2D eigenvalue weighted by molar-refractivity contribution is 7.90. The third-order valence-electron chi connectivity index (χ3n) is 3.61. The summed E-state index contributed by atoms with van der Waals surface area (Å²) in [5.74, 6) is 0.961. The van der Waals surface area contributed by atoms with E-state index in [1.165, 1.54) is 19.2 Å². The van der Waals surface area contributed by atoms with Crippen LogP contribution in [0.3, 0.4) is 0 Å². The largest absolute Gasteiger partial charge is 0.504 e. The number of nitrogens with zero attached hydrogens (tertiary/aromatic N) is 1. The monoisotopic (exact) mass is 344 g/mol. The second-order valence-corrected chi connectivity index (χ2v) is 7.34. The van der Waals surface area contributed by atoms with Crippen molar-refractivity contribution in [3.8, 4) is 11.5 Å². The third-order valence-corrected chi connectivity index (χ3v) is 4.74. The summed E-state index contributed by atoms with van der Waals surface area (Å²) < 4.78 is 28.1. The number of pyridine rings is 1. The van der Waals surface area contributed by atoms with Gasteiger partial charge in [-0.2, -0.15) is 0 Å². The number of methoxy groups -OCH3 is 1. The quantitative estimate of drug-likeness (QED) is 0.756. The van der Waals surface area contributed by atoms with Gasteiger partial charge in [-0.15, -0.1) is 0 Å². The fourth-order valence-corrected chi connectivity index (χ4v) is 3.00. The molecular weight excluding hydrogens is 328 g/mol. The lowest BCUT2D eigenvalue weighted by Gasteiger charge is -2.11. The lowest BCUT2D eigenvalue weighted by atomic mass is 10.1. The van der Waals surface area contributed by atoms with Crippen molar-refractivity contribution < 1.29 is 18.3 Å². The average molecular weight is 344 g/mol. The van der Waals surface area contributed by atoms with Gasteiger partial charge in [0.25, 0.3) is 0 Å². The topological polar surface area (TPSA) is 88.5 Å². The zero-order valence-corrected chi connectivity index (χ0v) is 14.0. The molecule has 0 spiro atoms. The molecule has 0 fully saturated rings. The van der Waals surface area contributed by atoms with Crippen LogP contribution in [0.25, 0.3) is 10.8 Å². The second-order valence-electron chi connectivity index (χ2n) is 5.33. The van der Waals surface area contributed by atoms with Crippen LogP contribution in [-0.4, -0.2) is 31.9 Å². The van der Waals surface area contributed by atoms with Gasteiger partial charge in [-0.1, -0.05) is 0 Å². The van der Waals surface area contributed by atoms with Crippen molar-refractivity contribution in [1.82, 2.24) is 4.98 Å². The summed E-state index contributed by atoms with van der Waals surface area (Å²) in [6.07, 6.45) is 2.81. The van der Waals surface area contributed by atoms with Crippen LogP contribution in [0.15, 0.2) is 53.6 Å². The van der Waals surface area contributed by atoms with E-state index in [-0.39, 0.29) is 10.6 Å². The number of ether oxygens (including phenoxy) is 1. The van der Waals surface area contributed by atoms with Crippen LogP contribution in [0.5, 0.6) is 11.5 Å². The number of hydrogen-bond acceptors (Lipinski definition) is 6. The van der Waals surface area contributed by atoms with E-state index < -0.39 is 9.84 Å². The summed E-state index contributed by atoms with van der Waals surface area (Å²) in [7, 11) is -1.74. The molecule has 0 saturated carbocycles. The smallest absolute Gasteiger partial charge is 0.175 e. The van der Waals surface area contributed by atoms with Crippen molar-refractivity contribution in [2.24, 2.45) is 0 Å². The zero-order chi connectivity index (χ0) is 17.3. The highest BCUT2D eigenvalue weighted by Crippen LogP contribution is 2.34. The summed E-state index contributed by atoms with van der Waals surface area (Å²) in [6, 6.07) is 11.5. The van der Waals surface area contributed by atoms with Crippen LogP contribution in [0, 0.1) is 0 Å². The van der Waals surface area contributed by atoms with Crippen LogP contribution in [0.4, 0.5) is 11.5 Å². The summed E-state index contributed by atoms with van der Waals surface area (Å²) in [5, 5.41) is 14.7. The number of anilines is 2. The number of fused-ring (bicyclic) bond motifs is 1. The van der Waals surface area contributed by atoms with Gasteiger partial charge in [-0.05, 0) is 47.9 Å². The van der Waals surface area contributed by atoms with Crippen molar-refractivity contribution in [3.63, 3.8) is 0 Å². The molecule has 2 N–H and O–H groups in total. The first-order valence-electron chi connectivity index (χ1n) is 7.11. The maximum absolute atomic E-state index is 11.5. The Balaban J connectivity index is 1.99. The first-order chi connectivity index (χ1) is 11.4. The Morgan fingerprint density at radius 3 is 2.46 bits per heavy atom. The molecule has 1 heterocycles. The van der Waals surface area contributed by atoms with Gasteiger partial charge in [-0.25, -0.2) is 13.4 Å². The molecule has 3 rings (SSSR count). The van der Waals surface area contributed by atoms with Gasteiger partial charge >= 0.3 is 0 Å². The van der Waals surface area contributed by atoms with E-state index in [1.807, 2.05) is 6.07 Å². The Bertz CT molecular complexity index is 999. The molecule has 3 aromatic rings. The standard InChI is InChI=1S/C17H16N2O4S/c1-23-16-9-11-7-8-18-17(14(11)10-15(16)20)19-12-3-5-13(6-4-12)24(2,21)22/h3-10,20H,1-2H3,(H,18,19). The van der Waals surface area contributed by atoms with E-state index in [9.17, 15) is 13.5 Å². The van der Waals surface area contributed by atoms with Gasteiger partial charge in [0.1, 0.15) is 5.82 Å². The Hall–Kier alpha value is -2.80. The highest BCUT2D eigenvalue weighted by Gasteiger charge is 2.10. The minimum absolute atomic E-state index is 0.0217. The molecule has 0 radical (unpaired) electrons. The molecule has 0 atom stereocenters. The fourth-order valence-electron chi connectivity index (χ4n) is 2.37. The van der Waals surface area contributed by atoms with Gasteiger partial charge in [0.2, 0.25) is 0 Å². The SMILES string of the molecule is COc1cc2ccnc(Nc3ccc(S(C)(=O)=O)cc3)c2cc1O. The highest BCUT2D eigenvalue weighted by atomic mass is 32.2. The van der Waals surface area contributed by atoms with Crippen LogP contribution < -0.4 is 10.1 Å². The minimum Gasteiger partial charge on any atom is -0.504 e. The Kier molecular flexibility index (Phi) is 4.02. The van der Waals surface area contributed by atoms with Gasteiger partial charge in [0.05, 0.1) is 12.0 Å². The van der Waals surface area contributed by atoms with E-state index in [2.05, 4.69) is 10.3 Å². The number of hydrogen-bond donors (Lipinski definition) is 2. The van der Waals surface area contributed by atoms with Crippen molar-refractivity contribution >= 4 is 32.1 Å². The number of benzene rings is 2. The van der Waals surface area contributed by atoms with E-state index >= 15 is 0 Å². The molecule has 1 aromatic heterocycles. The first-order valence-corrected chi connectivity index (χ1v) is 9.00. The summed E-state index contributed by atoms with van der Waals surface area (Å²) in [4.78, 5) is 4.54. The Morgan fingerprint density at radius 2 is 1.83 bits per heavy atom. The average Bonchev–Trinajstić information content (AvgIpc) is 2.54. The van der Waals surface area contributed by atoms with E-state index in [0.29, 0.717) is 17.3 Å². The van der Waals surface area contributed by atoms with Crippen molar-refractivity contribution in [3.05, 3.63) is 48.7 Å². The molecule has 24 heavy (non-hydrogen) atoms. The van der Waals surface area contributed by atoms with Gasteiger partial charge in [0.15, 0.2) is 21.3 Å². The number of phenols is 1. The molecule has 2 aromatic carbocycles. The number of phenolic OH excluding ortho intramolecular Hbond substituents is 1. The molecule has 6 nitrogen and oxygen atoms in total. The van der Waals surface area contributed by atoms with Crippen LogP contribution in [0.2, 0.25) is 0 Å². The molecular formula is C17H16N2O4S. The van der Waals surface area contributed by atoms with Gasteiger partial charge in [0, 0.05) is 23.5 Å². The van der Waals surface area contributed by atoms with Gasteiger partial charge < -0.3 is 15.2 Å². The Morgan fingerprint density at radius 1 is 1.12 bits per heavy atom. The molecule has 0 bridgehead atoms. The molecule has 7 heteroatoms. The second kappa shape index (κ2) is 6.01. The molecule has 0 amide bonds. The number of sulfone groups is 1. The predicted molar refractivity (Wildman–Crippen MR) is 92.8 cm³/mol. The summed E-state index contributed by atoms with van der Waals surface area (Å²) in [6.45, 7) is 0. The van der Waals surface area contributed by atoms with Crippen molar-refractivity contribution in [2.45, 2.75) is 4.90 Å². The summed E-state index contributed by atoms with van der Waals surface area (Å²) in [5.41, 5.74) is 0.692. The number of aromatic nitrogens is 1. The molecule has 0 aliphatic rings. The maximum Gasteiger partial charge on any atom is 0.175 e. The van der Waals surface area contributed by atoms with Crippen molar-refractivity contribution in [1.29, 1.82) is 0 Å². The number of rotatable bonds is 4. The lowest BCUT2D eigenvalue weighted by molar-refractivity contribution is 0.374. The normalized spacial score (nSPS) is 11.4. The van der Waals surface area contributed by atoms with E-state index in [1.54, 1.807) is 30.5 Å². The van der Waals surface area contributed by atoms with Crippen LogP contribution in [0.1, 0.15) is 0 Å². The minimum atomic E-state index is -3.23. The number of aromatic hydroxyl groups is 1. The molecule has 0 saturated heterocycles. The number of nitrogens with one attached hydrogen (secondary N) is 1. The zero-order valence-electron chi connectivity index (χ0n) is 13.1. The van der Waals surface area contributed by atoms with Crippen LogP contribution >= 0.6 is 0 Å². The molecule has 0 aliphatic carbocycles. The first kappa shape index (κ1) is 16.1. The third kappa shape index (κ3) is 3.11. The molecule has 0 unspecified atom stereocenters. The van der Waals surface area contributed by atoms with E-state index in [0.717, 1.165) is 17.0 Å². The predicted octanol–water partition coefficient (Wildman–Crippen LogP) is 3.10. The summed E-state index contributed by atoms with van der Waals surface area (Å²) >= 11 is 0. The van der Waals surface area contributed by atoms with Crippen LogP contribution in [-0.2, 0) is 9.84 Å². The Labute approximate surface area is 139 Å². The maximum atomic E-state index is 11.5. The molecule has 124 valence electrons. The van der Waals surface area contributed by atoms with E-state index in [4.69, 9.17) is 4.74 Å². The fraction of sp³-hybridized carbons (Fsp3) is 0.118. The van der Waals surface area contributed by atoms with Gasteiger partial charge in [-0.3, -0.25) is 0 Å².